The van der Waals surface area contributed by atoms with Crippen LogP contribution in [0, 0.1) is 32.6 Å². The first-order chi connectivity index (χ1) is 14.1. The van der Waals surface area contributed by atoms with Crippen molar-refractivity contribution in [2.75, 3.05) is 31.1 Å². The van der Waals surface area contributed by atoms with Crippen LogP contribution in [0.25, 0.3) is 5.69 Å². The van der Waals surface area contributed by atoms with E-state index in [0.29, 0.717) is 11.8 Å². The first-order valence-corrected chi connectivity index (χ1v) is 10.3. The number of anilines is 1. The molecule has 2 saturated heterocycles. The number of likely N-dealkylation sites (tertiary alicyclic amines) is 1. The van der Waals surface area contributed by atoms with Crippen molar-refractivity contribution in [3.8, 4) is 5.69 Å². The third-order valence-electron chi connectivity index (χ3n) is 6.18. The highest BCUT2D eigenvalue weighted by Gasteiger charge is 2.40. The molecule has 0 aliphatic carbocycles. The summed E-state index contributed by atoms with van der Waals surface area (Å²) in [5.41, 5.74) is 5.66. The van der Waals surface area contributed by atoms with Crippen LogP contribution in [0.1, 0.15) is 22.5 Å². The maximum Gasteiger partial charge on any atom is 0.150 e. The largest absolute Gasteiger partial charge is 0.354 e. The number of hydrogen-bond donors (Lipinski definition) is 0. The summed E-state index contributed by atoms with van der Waals surface area (Å²) in [7, 11) is 0. The van der Waals surface area contributed by atoms with E-state index in [-0.39, 0.29) is 0 Å². The summed E-state index contributed by atoms with van der Waals surface area (Å²) in [6.45, 7) is 11.6. The molecule has 150 valence electrons. The second-order valence-corrected chi connectivity index (χ2v) is 8.49. The van der Waals surface area contributed by atoms with Crippen LogP contribution in [0.4, 0.5) is 5.82 Å². The summed E-state index contributed by atoms with van der Waals surface area (Å²) in [5.74, 6) is 2.44. The molecule has 0 radical (unpaired) electrons. The Morgan fingerprint density at radius 2 is 1.69 bits per heavy atom. The number of benzene rings is 1. The zero-order valence-corrected chi connectivity index (χ0v) is 17.3. The lowest BCUT2D eigenvalue weighted by Gasteiger charge is -2.24. The van der Waals surface area contributed by atoms with Crippen molar-refractivity contribution in [3.05, 3.63) is 59.3 Å². The molecule has 5 rings (SSSR count). The zero-order valence-electron chi connectivity index (χ0n) is 17.3. The van der Waals surface area contributed by atoms with E-state index in [9.17, 15) is 0 Å². The molecule has 2 aromatic heterocycles. The van der Waals surface area contributed by atoms with Gasteiger partial charge in [-0.1, -0.05) is 17.7 Å². The van der Waals surface area contributed by atoms with E-state index < -0.39 is 0 Å². The van der Waals surface area contributed by atoms with Gasteiger partial charge in [-0.15, -0.1) is 0 Å². The third-order valence-corrected chi connectivity index (χ3v) is 6.18. The molecule has 29 heavy (non-hydrogen) atoms. The van der Waals surface area contributed by atoms with Crippen LogP contribution in [0.2, 0.25) is 0 Å². The highest BCUT2D eigenvalue weighted by atomic mass is 15.5. The SMILES string of the molecule is Cc1ccc(-n2nccn2)c(CN2CC3CN(c4nc(C)cnc4C)CC3C2)c1. The normalized spacial score (nSPS) is 21.7. The molecule has 7 nitrogen and oxygen atoms in total. The van der Waals surface area contributed by atoms with E-state index in [1.54, 1.807) is 17.2 Å². The molecule has 1 aromatic carbocycles. The fourth-order valence-corrected chi connectivity index (χ4v) is 4.83. The number of fused-ring (bicyclic) bond motifs is 1. The van der Waals surface area contributed by atoms with Gasteiger partial charge in [0.1, 0.15) is 5.82 Å². The van der Waals surface area contributed by atoms with Crippen molar-refractivity contribution in [1.82, 2.24) is 29.9 Å². The summed E-state index contributed by atoms with van der Waals surface area (Å²) in [6.07, 6.45) is 5.31. The molecule has 7 heteroatoms. The van der Waals surface area contributed by atoms with E-state index >= 15 is 0 Å². The first kappa shape index (κ1) is 18.2. The molecule has 2 unspecified atom stereocenters. The Kier molecular flexibility index (Phi) is 4.54. The van der Waals surface area contributed by atoms with Gasteiger partial charge < -0.3 is 4.90 Å². The second kappa shape index (κ2) is 7.22. The van der Waals surface area contributed by atoms with Gasteiger partial charge in [0, 0.05) is 38.9 Å². The Morgan fingerprint density at radius 1 is 0.966 bits per heavy atom. The average molecular weight is 390 g/mol. The van der Waals surface area contributed by atoms with Crippen molar-refractivity contribution < 1.29 is 0 Å². The van der Waals surface area contributed by atoms with Gasteiger partial charge in [-0.05, 0) is 44.2 Å². The molecule has 0 bridgehead atoms. The smallest absolute Gasteiger partial charge is 0.150 e. The highest BCUT2D eigenvalue weighted by Crippen LogP contribution is 2.35. The quantitative estimate of drug-likeness (QED) is 0.683. The lowest BCUT2D eigenvalue weighted by Crippen LogP contribution is -2.30. The van der Waals surface area contributed by atoms with Crippen molar-refractivity contribution in [3.63, 3.8) is 0 Å². The predicted molar refractivity (Wildman–Crippen MR) is 112 cm³/mol. The van der Waals surface area contributed by atoms with E-state index in [1.807, 2.05) is 13.1 Å². The van der Waals surface area contributed by atoms with Crippen LogP contribution in [0.3, 0.4) is 0 Å². The lowest BCUT2D eigenvalue weighted by atomic mass is 10.0. The van der Waals surface area contributed by atoms with Crippen LogP contribution >= 0.6 is 0 Å². The van der Waals surface area contributed by atoms with Gasteiger partial charge in [-0.25, -0.2) is 4.98 Å². The number of nitrogens with zero attached hydrogens (tertiary/aromatic N) is 7. The average Bonchev–Trinajstić information content (AvgIpc) is 3.40. The number of aromatic nitrogens is 5. The van der Waals surface area contributed by atoms with Crippen LogP contribution < -0.4 is 4.90 Å². The Morgan fingerprint density at radius 3 is 2.41 bits per heavy atom. The zero-order chi connectivity index (χ0) is 20.0. The molecule has 4 heterocycles. The van der Waals surface area contributed by atoms with E-state index in [4.69, 9.17) is 4.98 Å². The summed E-state index contributed by atoms with van der Waals surface area (Å²) in [6, 6.07) is 6.53. The van der Waals surface area contributed by atoms with Gasteiger partial charge in [0.05, 0.1) is 29.5 Å². The molecule has 0 N–H and O–H groups in total. The van der Waals surface area contributed by atoms with Crippen LogP contribution in [-0.4, -0.2) is 56.0 Å². The van der Waals surface area contributed by atoms with E-state index in [2.05, 4.69) is 57.0 Å². The Bertz CT molecular complexity index is 1000. The highest BCUT2D eigenvalue weighted by molar-refractivity contribution is 5.45. The Labute approximate surface area is 171 Å². The minimum absolute atomic E-state index is 0.688. The fraction of sp³-hybridized carbons (Fsp3) is 0.455. The van der Waals surface area contributed by atoms with Crippen LogP contribution in [0.5, 0.6) is 0 Å². The van der Waals surface area contributed by atoms with E-state index in [0.717, 1.165) is 55.6 Å². The molecular weight excluding hydrogens is 362 g/mol. The molecule has 2 atom stereocenters. The van der Waals surface area contributed by atoms with Crippen LogP contribution in [-0.2, 0) is 6.54 Å². The van der Waals surface area contributed by atoms with Gasteiger partial charge in [-0.3, -0.25) is 9.88 Å². The van der Waals surface area contributed by atoms with Crippen molar-refractivity contribution in [1.29, 1.82) is 0 Å². The van der Waals surface area contributed by atoms with Crippen molar-refractivity contribution in [2.24, 2.45) is 11.8 Å². The minimum atomic E-state index is 0.688. The molecule has 3 aromatic rings. The molecular formula is C22H27N7. The fourth-order valence-electron chi connectivity index (χ4n) is 4.83. The van der Waals surface area contributed by atoms with Crippen LogP contribution in [0.15, 0.2) is 36.8 Å². The number of rotatable bonds is 4. The third kappa shape index (κ3) is 3.51. The van der Waals surface area contributed by atoms with Gasteiger partial charge in [0.2, 0.25) is 0 Å². The summed E-state index contributed by atoms with van der Waals surface area (Å²) in [5, 5.41) is 8.67. The standard InChI is InChI=1S/C22H27N7/c1-15-4-5-21(29-24-6-7-25-29)18(8-15)10-27-11-19-13-28(14-20(19)12-27)22-17(3)23-9-16(2)26-22/h4-9,19-20H,10-14H2,1-3H3. The van der Waals surface area contributed by atoms with Gasteiger partial charge in [0.15, 0.2) is 0 Å². The summed E-state index contributed by atoms with van der Waals surface area (Å²) < 4.78 is 0. The molecule has 0 saturated carbocycles. The molecule has 2 aliphatic rings. The Hall–Kier alpha value is -2.80. The van der Waals surface area contributed by atoms with Gasteiger partial charge >= 0.3 is 0 Å². The summed E-state index contributed by atoms with van der Waals surface area (Å²) >= 11 is 0. The van der Waals surface area contributed by atoms with Crippen molar-refractivity contribution >= 4 is 5.82 Å². The van der Waals surface area contributed by atoms with Gasteiger partial charge in [-0.2, -0.15) is 15.0 Å². The maximum absolute atomic E-state index is 4.75. The minimum Gasteiger partial charge on any atom is -0.354 e. The molecule has 0 spiro atoms. The Balaban J connectivity index is 1.29. The molecule has 2 aliphatic heterocycles. The molecule has 2 fully saturated rings. The maximum atomic E-state index is 4.75. The number of hydrogen-bond acceptors (Lipinski definition) is 6. The van der Waals surface area contributed by atoms with Crippen molar-refractivity contribution in [2.45, 2.75) is 27.3 Å². The lowest BCUT2D eigenvalue weighted by molar-refractivity contribution is 0.308. The molecule has 0 amide bonds. The van der Waals surface area contributed by atoms with E-state index in [1.165, 1.54) is 11.1 Å². The monoisotopic (exact) mass is 389 g/mol. The van der Waals surface area contributed by atoms with Gasteiger partial charge in [0.25, 0.3) is 0 Å². The second-order valence-electron chi connectivity index (χ2n) is 8.49. The predicted octanol–water partition coefficient (Wildman–Crippen LogP) is 2.55. The number of aryl methyl sites for hydroxylation is 3. The topological polar surface area (TPSA) is 63.0 Å². The first-order valence-electron chi connectivity index (χ1n) is 10.3. The summed E-state index contributed by atoms with van der Waals surface area (Å²) in [4.78, 5) is 16.0.